The van der Waals surface area contributed by atoms with Crippen molar-refractivity contribution in [2.45, 2.75) is 42.7 Å². The van der Waals surface area contributed by atoms with E-state index in [2.05, 4.69) is 23.8 Å². The minimum Gasteiger partial charge on any atom is -0.396 e. The second-order valence-corrected chi connectivity index (χ2v) is 8.46. The molecule has 0 saturated heterocycles. The van der Waals surface area contributed by atoms with Crippen LogP contribution in [0.1, 0.15) is 24.3 Å². The Bertz CT molecular complexity index is 670. The lowest BCUT2D eigenvalue weighted by molar-refractivity contribution is -0.0383. The number of rotatable bonds is 4. The number of aromatic nitrogens is 2. The first-order valence-corrected chi connectivity index (χ1v) is 9.80. The van der Waals surface area contributed by atoms with Crippen LogP contribution < -0.4 is 0 Å². The summed E-state index contributed by atoms with van der Waals surface area (Å²) in [4.78, 5) is 10.7. The van der Waals surface area contributed by atoms with E-state index in [0.717, 1.165) is 26.8 Å². The van der Waals surface area contributed by atoms with Gasteiger partial charge in [-0.2, -0.15) is 0 Å². The molecule has 0 saturated carbocycles. The summed E-state index contributed by atoms with van der Waals surface area (Å²) in [5.41, 5.74) is 2.14. The Balaban J connectivity index is 2.13. The highest BCUT2D eigenvalue weighted by Crippen LogP contribution is 2.41. The van der Waals surface area contributed by atoms with Crippen LogP contribution in [0.5, 0.6) is 0 Å². The smallest absolute Gasteiger partial charge is 0.188 e. The lowest BCUT2D eigenvalue weighted by Gasteiger charge is -2.29. The van der Waals surface area contributed by atoms with Gasteiger partial charge in [-0.1, -0.05) is 11.8 Å². The van der Waals surface area contributed by atoms with E-state index in [-0.39, 0.29) is 12.2 Å². The second-order valence-electron chi connectivity index (χ2n) is 5.49. The van der Waals surface area contributed by atoms with Gasteiger partial charge in [-0.15, -0.1) is 23.1 Å². The Morgan fingerprint density at radius 3 is 2.90 bits per heavy atom. The molecule has 21 heavy (non-hydrogen) atoms. The van der Waals surface area contributed by atoms with Crippen LogP contribution in [0.4, 0.5) is 0 Å². The van der Waals surface area contributed by atoms with Crippen molar-refractivity contribution in [1.82, 2.24) is 9.97 Å². The third-order valence-electron chi connectivity index (χ3n) is 3.37. The van der Waals surface area contributed by atoms with E-state index in [1.165, 1.54) is 10.4 Å². The first-order chi connectivity index (χ1) is 10.0. The maximum Gasteiger partial charge on any atom is 0.188 e. The highest BCUT2D eigenvalue weighted by molar-refractivity contribution is 7.99. The first kappa shape index (κ1) is 15.6. The summed E-state index contributed by atoms with van der Waals surface area (Å²) in [5.74, 6) is 0.657. The van der Waals surface area contributed by atoms with Gasteiger partial charge in [0.1, 0.15) is 5.03 Å². The van der Waals surface area contributed by atoms with Gasteiger partial charge in [0.25, 0.3) is 0 Å². The van der Waals surface area contributed by atoms with Crippen molar-refractivity contribution in [1.29, 1.82) is 0 Å². The molecule has 0 fully saturated rings. The number of hydrogen-bond donors (Lipinski definition) is 1. The third-order valence-corrected chi connectivity index (χ3v) is 6.23. The SMILES string of the molecule is CSc1nc(SCCO)c2sc3c(c2n1)COC(C)(C)C3. The molecule has 1 aliphatic rings. The number of thiophene rings is 1. The van der Waals surface area contributed by atoms with E-state index >= 15 is 0 Å². The molecule has 114 valence electrons. The van der Waals surface area contributed by atoms with Gasteiger partial charge in [-0.25, -0.2) is 9.97 Å². The normalized spacial score (nSPS) is 17.1. The molecule has 7 heteroatoms. The number of fused-ring (bicyclic) bond motifs is 3. The summed E-state index contributed by atoms with van der Waals surface area (Å²) in [6.45, 7) is 5.03. The van der Waals surface area contributed by atoms with Crippen molar-refractivity contribution in [3.05, 3.63) is 10.4 Å². The predicted octanol–water partition coefficient (Wildman–Crippen LogP) is 3.35. The highest BCUT2D eigenvalue weighted by atomic mass is 32.2. The fourth-order valence-electron chi connectivity index (χ4n) is 2.35. The lowest BCUT2D eigenvalue weighted by Crippen LogP contribution is -2.30. The summed E-state index contributed by atoms with van der Waals surface area (Å²) >= 11 is 4.93. The van der Waals surface area contributed by atoms with Gasteiger partial charge in [0, 0.05) is 22.6 Å². The summed E-state index contributed by atoms with van der Waals surface area (Å²) in [5, 5.41) is 10.8. The molecule has 3 rings (SSSR count). The van der Waals surface area contributed by atoms with Gasteiger partial charge in [0.05, 0.1) is 29.0 Å². The number of thioether (sulfide) groups is 2. The van der Waals surface area contributed by atoms with E-state index in [4.69, 9.17) is 9.84 Å². The average Bonchev–Trinajstić information content (AvgIpc) is 2.80. The zero-order valence-electron chi connectivity index (χ0n) is 12.3. The molecule has 0 radical (unpaired) electrons. The summed E-state index contributed by atoms with van der Waals surface area (Å²) in [7, 11) is 0. The number of nitrogens with zero attached hydrogens (tertiary/aromatic N) is 2. The predicted molar refractivity (Wildman–Crippen MR) is 89.6 cm³/mol. The lowest BCUT2D eigenvalue weighted by atomic mass is 9.98. The van der Waals surface area contributed by atoms with E-state index in [9.17, 15) is 0 Å². The number of hydrogen-bond acceptors (Lipinski definition) is 7. The zero-order valence-corrected chi connectivity index (χ0v) is 14.8. The van der Waals surface area contributed by atoms with Crippen LogP contribution in [0.25, 0.3) is 10.2 Å². The maximum atomic E-state index is 9.07. The Morgan fingerprint density at radius 1 is 1.38 bits per heavy atom. The Hall–Kier alpha value is -0.340. The summed E-state index contributed by atoms with van der Waals surface area (Å²) in [6.07, 6.45) is 2.90. The van der Waals surface area contributed by atoms with E-state index < -0.39 is 0 Å². The van der Waals surface area contributed by atoms with Crippen LogP contribution in [0.15, 0.2) is 10.2 Å². The third kappa shape index (κ3) is 3.07. The van der Waals surface area contributed by atoms with Gasteiger partial charge in [-0.3, -0.25) is 0 Å². The zero-order chi connectivity index (χ0) is 15.0. The van der Waals surface area contributed by atoms with Gasteiger partial charge >= 0.3 is 0 Å². The number of aliphatic hydroxyl groups is 1. The molecule has 0 bridgehead atoms. The van der Waals surface area contributed by atoms with Crippen LogP contribution in [0, 0.1) is 0 Å². The van der Waals surface area contributed by atoms with Crippen LogP contribution in [0.3, 0.4) is 0 Å². The standard InChI is InChI=1S/C14H18N2O2S3/c1-14(2)6-9-8(7-18-14)10-11(21-9)12(20-5-4-17)16-13(15-10)19-3/h17H,4-7H2,1-3H3. The van der Waals surface area contributed by atoms with E-state index in [0.29, 0.717) is 12.4 Å². The van der Waals surface area contributed by atoms with Crippen molar-refractivity contribution in [2.75, 3.05) is 18.6 Å². The van der Waals surface area contributed by atoms with Crippen molar-refractivity contribution in [3.8, 4) is 0 Å². The van der Waals surface area contributed by atoms with E-state index in [1.54, 1.807) is 34.9 Å². The molecule has 0 atom stereocenters. The van der Waals surface area contributed by atoms with Crippen molar-refractivity contribution < 1.29 is 9.84 Å². The monoisotopic (exact) mass is 342 g/mol. The second kappa shape index (κ2) is 6.04. The molecule has 3 heterocycles. The van der Waals surface area contributed by atoms with Crippen molar-refractivity contribution in [2.24, 2.45) is 0 Å². The van der Waals surface area contributed by atoms with Gasteiger partial charge in [-0.05, 0) is 20.1 Å². The van der Waals surface area contributed by atoms with Crippen molar-refractivity contribution >= 4 is 45.1 Å². The summed E-state index contributed by atoms with van der Waals surface area (Å²) in [6, 6.07) is 0. The van der Waals surface area contributed by atoms with Crippen LogP contribution in [-0.4, -0.2) is 39.3 Å². The fourth-order valence-corrected chi connectivity index (χ4v) is 5.08. The number of ether oxygens (including phenoxy) is 1. The molecule has 1 aliphatic heterocycles. The molecular weight excluding hydrogens is 324 g/mol. The Morgan fingerprint density at radius 2 is 2.19 bits per heavy atom. The quantitative estimate of drug-likeness (QED) is 0.522. The fraction of sp³-hybridized carbons (Fsp3) is 0.571. The average molecular weight is 343 g/mol. The minimum absolute atomic E-state index is 0.109. The van der Waals surface area contributed by atoms with Gasteiger partial charge in [0.15, 0.2) is 5.16 Å². The molecule has 2 aromatic heterocycles. The van der Waals surface area contributed by atoms with E-state index in [1.807, 2.05) is 6.26 Å². The van der Waals surface area contributed by atoms with Crippen LogP contribution >= 0.6 is 34.9 Å². The molecular formula is C14H18N2O2S3. The van der Waals surface area contributed by atoms with Crippen LogP contribution in [-0.2, 0) is 17.8 Å². The van der Waals surface area contributed by atoms with Gasteiger partial charge < -0.3 is 9.84 Å². The van der Waals surface area contributed by atoms with Gasteiger partial charge in [0.2, 0.25) is 0 Å². The van der Waals surface area contributed by atoms with Crippen molar-refractivity contribution in [3.63, 3.8) is 0 Å². The molecule has 1 N–H and O–H groups in total. The maximum absolute atomic E-state index is 9.07. The highest BCUT2D eigenvalue weighted by Gasteiger charge is 2.30. The molecule has 4 nitrogen and oxygen atoms in total. The molecule has 0 spiro atoms. The number of aliphatic hydroxyl groups excluding tert-OH is 1. The molecule has 0 amide bonds. The Labute approximate surface area is 136 Å². The largest absolute Gasteiger partial charge is 0.396 e. The molecule has 0 aromatic carbocycles. The molecule has 0 unspecified atom stereocenters. The molecule has 2 aromatic rings. The summed E-state index contributed by atoms with van der Waals surface area (Å²) < 4.78 is 7.08. The first-order valence-electron chi connectivity index (χ1n) is 6.78. The molecule has 0 aliphatic carbocycles. The van der Waals surface area contributed by atoms with Crippen LogP contribution in [0.2, 0.25) is 0 Å². The Kier molecular flexibility index (Phi) is 4.47. The topological polar surface area (TPSA) is 55.2 Å². The minimum atomic E-state index is -0.109.